The highest BCUT2D eigenvalue weighted by molar-refractivity contribution is 7.89. The van der Waals surface area contributed by atoms with Gasteiger partial charge in [-0.3, -0.25) is 0 Å². The standard InChI is InChI=1S/C12H23N3O2S2/c1-9(8-15(4)5)14-19(16,17)12-6-11(7-13-3)18-10(12)2/h6,9,13-14H,7-8H2,1-5H3. The van der Waals surface area contributed by atoms with Crippen molar-refractivity contribution in [2.75, 3.05) is 27.7 Å². The molecule has 5 nitrogen and oxygen atoms in total. The van der Waals surface area contributed by atoms with Crippen LogP contribution < -0.4 is 10.0 Å². The third kappa shape index (κ3) is 4.85. The largest absolute Gasteiger partial charge is 0.315 e. The zero-order valence-corrected chi connectivity index (χ0v) is 13.8. The van der Waals surface area contributed by atoms with Crippen LogP contribution in [0.2, 0.25) is 0 Å². The van der Waals surface area contributed by atoms with E-state index in [1.807, 2.05) is 39.9 Å². The molecule has 0 saturated heterocycles. The van der Waals surface area contributed by atoms with Gasteiger partial charge in [0.15, 0.2) is 0 Å². The molecule has 0 spiro atoms. The normalized spacial score (nSPS) is 14.0. The van der Waals surface area contributed by atoms with Gasteiger partial charge in [-0.1, -0.05) is 0 Å². The molecule has 19 heavy (non-hydrogen) atoms. The van der Waals surface area contributed by atoms with Crippen molar-refractivity contribution >= 4 is 21.4 Å². The second kappa shape index (κ2) is 6.81. The Kier molecular flexibility index (Phi) is 5.94. The van der Waals surface area contributed by atoms with Crippen LogP contribution in [0.15, 0.2) is 11.0 Å². The minimum absolute atomic E-state index is 0.118. The van der Waals surface area contributed by atoms with Crippen molar-refractivity contribution in [3.8, 4) is 0 Å². The molecule has 1 heterocycles. The molecule has 1 aromatic rings. The highest BCUT2D eigenvalue weighted by Crippen LogP contribution is 2.25. The van der Waals surface area contributed by atoms with Crippen molar-refractivity contribution in [3.63, 3.8) is 0 Å². The predicted molar refractivity (Wildman–Crippen MR) is 80.2 cm³/mol. The Morgan fingerprint density at radius 3 is 2.58 bits per heavy atom. The van der Waals surface area contributed by atoms with Crippen molar-refractivity contribution in [1.29, 1.82) is 0 Å². The molecule has 0 saturated carbocycles. The van der Waals surface area contributed by atoms with Gasteiger partial charge in [0.2, 0.25) is 10.0 Å². The fourth-order valence-electron chi connectivity index (χ4n) is 1.97. The molecule has 7 heteroatoms. The van der Waals surface area contributed by atoms with Crippen LogP contribution in [0.5, 0.6) is 0 Å². The molecule has 0 bridgehead atoms. The maximum absolute atomic E-state index is 12.3. The molecule has 1 unspecified atom stereocenters. The smallest absolute Gasteiger partial charge is 0.241 e. The average Bonchev–Trinajstić information content (AvgIpc) is 2.58. The van der Waals surface area contributed by atoms with Crippen LogP contribution in [-0.2, 0) is 16.6 Å². The monoisotopic (exact) mass is 305 g/mol. The van der Waals surface area contributed by atoms with Crippen molar-refractivity contribution < 1.29 is 8.42 Å². The summed E-state index contributed by atoms with van der Waals surface area (Å²) in [6.07, 6.45) is 0. The lowest BCUT2D eigenvalue weighted by molar-refractivity contribution is 0.370. The van der Waals surface area contributed by atoms with Crippen LogP contribution in [0.25, 0.3) is 0 Å². The molecular weight excluding hydrogens is 282 g/mol. The maximum atomic E-state index is 12.3. The zero-order valence-electron chi connectivity index (χ0n) is 12.1. The van der Waals surface area contributed by atoms with Gasteiger partial charge in [-0.15, -0.1) is 11.3 Å². The van der Waals surface area contributed by atoms with Crippen molar-refractivity contribution in [2.45, 2.75) is 31.3 Å². The van der Waals surface area contributed by atoms with Gasteiger partial charge < -0.3 is 10.2 Å². The summed E-state index contributed by atoms with van der Waals surface area (Å²) < 4.78 is 27.4. The molecular formula is C12H23N3O2S2. The van der Waals surface area contributed by atoms with Crippen LogP contribution in [0.4, 0.5) is 0 Å². The molecule has 0 radical (unpaired) electrons. The molecule has 0 aliphatic carbocycles. The Balaban J connectivity index is 2.88. The second-order valence-electron chi connectivity index (χ2n) is 4.95. The molecule has 1 aromatic heterocycles. The van der Waals surface area contributed by atoms with Gasteiger partial charge in [0, 0.05) is 28.9 Å². The predicted octanol–water partition coefficient (Wildman–Crippen LogP) is 1.00. The van der Waals surface area contributed by atoms with E-state index in [4.69, 9.17) is 0 Å². The topological polar surface area (TPSA) is 61.4 Å². The van der Waals surface area contributed by atoms with Gasteiger partial charge in [-0.25, -0.2) is 13.1 Å². The summed E-state index contributed by atoms with van der Waals surface area (Å²) in [6, 6.07) is 1.63. The van der Waals surface area contributed by atoms with E-state index in [0.29, 0.717) is 18.0 Å². The van der Waals surface area contributed by atoms with Crippen molar-refractivity contribution in [2.24, 2.45) is 0 Å². The number of nitrogens with zero attached hydrogens (tertiary/aromatic N) is 1. The number of aryl methyl sites for hydroxylation is 1. The third-order valence-corrected chi connectivity index (χ3v) is 5.45. The van der Waals surface area contributed by atoms with Gasteiger partial charge in [0.05, 0.1) is 4.90 Å². The first-order valence-electron chi connectivity index (χ1n) is 6.17. The quantitative estimate of drug-likeness (QED) is 0.789. The molecule has 110 valence electrons. The number of hydrogen-bond donors (Lipinski definition) is 2. The summed E-state index contributed by atoms with van der Waals surface area (Å²) >= 11 is 1.51. The first-order valence-corrected chi connectivity index (χ1v) is 8.47. The minimum atomic E-state index is -3.43. The van der Waals surface area contributed by atoms with E-state index in [1.165, 1.54) is 11.3 Å². The minimum Gasteiger partial charge on any atom is -0.315 e. The van der Waals surface area contributed by atoms with Crippen LogP contribution >= 0.6 is 11.3 Å². The third-order valence-electron chi connectivity index (χ3n) is 2.56. The summed E-state index contributed by atoms with van der Waals surface area (Å²) in [5.74, 6) is 0. The van der Waals surface area contributed by atoms with Crippen LogP contribution in [0, 0.1) is 6.92 Å². The highest BCUT2D eigenvalue weighted by atomic mass is 32.2. The summed E-state index contributed by atoms with van der Waals surface area (Å²) in [5, 5.41) is 3.03. The molecule has 0 aliphatic rings. The number of thiophene rings is 1. The van der Waals surface area contributed by atoms with Gasteiger partial charge in [-0.05, 0) is 41.1 Å². The van der Waals surface area contributed by atoms with Crippen LogP contribution in [0.3, 0.4) is 0 Å². The fourth-order valence-corrected chi connectivity index (χ4v) is 4.85. The van der Waals surface area contributed by atoms with Crippen LogP contribution in [0.1, 0.15) is 16.7 Å². The lowest BCUT2D eigenvalue weighted by Gasteiger charge is -2.18. The Hall–Kier alpha value is -0.470. The molecule has 0 fully saturated rings. The van der Waals surface area contributed by atoms with Gasteiger partial charge >= 0.3 is 0 Å². The Morgan fingerprint density at radius 2 is 2.05 bits per heavy atom. The van der Waals surface area contributed by atoms with E-state index in [2.05, 4.69) is 10.0 Å². The molecule has 1 rings (SSSR count). The van der Waals surface area contributed by atoms with Crippen molar-refractivity contribution in [1.82, 2.24) is 14.9 Å². The first kappa shape index (κ1) is 16.6. The van der Waals surface area contributed by atoms with Gasteiger partial charge in [0.25, 0.3) is 0 Å². The summed E-state index contributed by atoms with van der Waals surface area (Å²) in [4.78, 5) is 4.21. The van der Waals surface area contributed by atoms with Crippen molar-refractivity contribution in [3.05, 3.63) is 15.8 Å². The zero-order chi connectivity index (χ0) is 14.6. The van der Waals surface area contributed by atoms with E-state index in [0.717, 1.165) is 9.75 Å². The molecule has 0 amide bonds. The molecule has 2 N–H and O–H groups in total. The number of sulfonamides is 1. The number of likely N-dealkylation sites (N-methyl/N-ethyl adjacent to an activating group) is 1. The average molecular weight is 305 g/mol. The van der Waals surface area contributed by atoms with E-state index in [1.54, 1.807) is 6.07 Å². The summed E-state index contributed by atoms with van der Waals surface area (Å²) in [7, 11) is 2.27. The highest BCUT2D eigenvalue weighted by Gasteiger charge is 2.22. The lowest BCUT2D eigenvalue weighted by atomic mass is 10.3. The maximum Gasteiger partial charge on any atom is 0.241 e. The number of rotatable bonds is 7. The van der Waals surface area contributed by atoms with Crippen LogP contribution in [-0.4, -0.2) is 47.0 Å². The summed E-state index contributed by atoms with van der Waals surface area (Å²) in [6.45, 7) is 5.07. The second-order valence-corrected chi connectivity index (χ2v) is 7.97. The van der Waals surface area contributed by atoms with E-state index in [9.17, 15) is 8.42 Å². The van der Waals surface area contributed by atoms with Gasteiger partial charge in [-0.2, -0.15) is 0 Å². The summed E-state index contributed by atoms with van der Waals surface area (Å²) in [5.41, 5.74) is 0. The van der Waals surface area contributed by atoms with E-state index in [-0.39, 0.29) is 6.04 Å². The first-order chi connectivity index (χ1) is 8.76. The molecule has 1 atom stereocenters. The molecule has 0 aliphatic heterocycles. The number of hydrogen-bond acceptors (Lipinski definition) is 5. The fraction of sp³-hybridized carbons (Fsp3) is 0.667. The SMILES string of the molecule is CNCc1cc(S(=O)(=O)NC(C)CN(C)C)c(C)s1. The number of nitrogens with one attached hydrogen (secondary N) is 2. The van der Waals surface area contributed by atoms with E-state index < -0.39 is 10.0 Å². The Labute approximate surface area is 120 Å². The Morgan fingerprint density at radius 1 is 1.42 bits per heavy atom. The molecule has 0 aromatic carbocycles. The Bertz CT molecular complexity index is 509. The lowest BCUT2D eigenvalue weighted by Crippen LogP contribution is -2.39. The van der Waals surface area contributed by atoms with E-state index >= 15 is 0 Å². The van der Waals surface area contributed by atoms with Gasteiger partial charge in [0.1, 0.15) is 0 Å².